The van der Waals surface area contributed by atoms with Crippen LogP contribution in [0.25, 0.3) is 0 Å². The maximum Gasteiger partial charge on any atom is 0.322 e. The average molecular weight is 250 g/mol. The molecule has 5 heteroatoms. The summed E-state index contributed by atoms with van der Waals surface area (Å²) < 4.78 is 0. The van der Waals surface area contributed by atoms with E-state index in [0.717, 1.165) is 12.1 Å². The first-order valence-electron chi connectivity index (χ1n) is 5.89. The molecule has 1 amide bonds. The lowest BCUT2D eigenvalue weighted by molar-refractivity contribution is -0.135. The first-order valence-corrected chi connectivity index (χ1v) is 5.89. The lowest BCUT2D eigenvalue weighted by atomic mass is 10.1. The molecule has 0 saturated carbocycles. The number of carboxylic acids is 1. The van der Waals surface area contributed by atoms with Gasteiger partial charge in [0.05, 0.1) is 0 Å². The molecule has 1 atom stereocenters. The summed E-state index contributed by atoms with van der Waals surface area (Å²) in [6.45, 7) is 3.80. The standard InChI is InChI=1S/C13H18N2O3/c1-3-9(2)15-11-6-4-10(5-7-11)13(18)14-8-12(16)17/h4-7,9,15H,3,8H2,1-2H3,(H,14,18)(H,16,17). The van der Waals surface area contributed by atoms with E-state index in [9.17, 15) is 9.59 Å². The van der Waals surface area contributed by atoms with E-state index in [1.165, 1.54) is 0 Å². The van der Waals surface area contributed by atoms with Gasteiger partial charge in [-0.25, -0.2) is 0 Å². The topological polar surface area (TPSA) is 78.4 Å². The summed E-state index contributed by atoms with van der Waals surface area (Å²) in [5.74, 6) is -1.44. The van der Waals surface area contributed by atoms with Gasteiger partial charge in [-0.15, -0.1) is 0 Å². The summed E-state index contributed by atoms with van der Waals surface area (Å²) in [4.78, 5) is 21.9. The zero-order valence-electron chi connectivity index (χ0n) is 10.6. The zero-order valence-corrected chi connectivity index (χ0v) is 10.6. The fourth-order valence-electron chi connectivity index (χ4n) is 1.36. The smallest absolute Gasteiger partial charge is 0.322 e. The quantitative estimate of drug-likeness (QED) is 0.718. The number of carbonyl (C=O) groups is 2. The van der Waals surface area contributed by atoms with E-state index in [4.69, 9.17) is 5.11 Å². The molecule has 0 aromatic heterocycles. The number of hydrogen-bond donors (Lipinski definition) is 3. The Bertz CT molecular complexity index is 415. The van der Waals surface area contributed by atoms with Crippen molar-refractivity contribution in [2.75, 3.05) is 11.9 Å². The Hall–Kier alpha value is -2.04. The van der Waals surface area contributed by atoms with Gasteiger partial charge in [0, 0.05) is 17.3 Å². The maximum atomic E-state index is 11.5. The van der Waals surface area contributed by atoms with E-state index in [-0.39, 0.29) is 12.5 Å². The van der Waals surface area contributed by atoms with E-state index in [1.54, 1.807) is 12.1 Å². The molecule has 0 heterocycles. The highest BCUT2D eigenvalue weighted by Gasteiger charge is 2.07. The van der Waals surface area contributed by atoms with Crippen molar-refractivity contribution in [3.8, 4) is 0 Å². The van der Waals surface area contributed by atoms with Gasteiger partial charge >= 0.3 is 5.97 Å². The Balaban J connectivity index is 2.59. The van der Waals surface area contributed by atoms with Gasteiger partial charge in [0.2, 0.25) is 0 Å². The van der Waals surface area contributed by atoms with E-state index in [1.807, 2.05) is 12.1 Å². The molecule has 1 rings (SSSR count). The number of benzene rings is 1. The van der Waals surface area contributed by atoms with E-state index in [0.29, 0.717) is 11.6 Å². The predicted octanol–water partition coefficient (Wildman–Crippen LogP) is 1.71. The van der Waals surface area contributed by atoms with Crippen LogP contribution in [0.3, 0.4) is 0 Å². The minimum Gasteiger partial charge on any atom is -0.480 e. The molecule has 1 unspecified atom stereocenters. The Morgan fingerprint density at radius 2 is 1.89 bits per heavy atom. The fraction of sp³-hybridized carbons (Fsp3) is 0.385. The Morgan fingerprint density at radius 1 is 1.28 bits per heavy atom. The summed E-state index contributed by atoms with van der Waals surface area (Å²) in [7, 11) is 0. The Kier molecular flexibility index (Phi) is 5.17. The third kappa shape index (κ3) is 4.45. The van der Waals surface area contributed by atoms with Crippen molar-refractivity contribution in [3.05, 3.63) is 29.8 Å². The second-order valence-electron chi connectivity index (χ2n) is 4.11. The molecule has 5 nitrogen and oxygen atoms in total. The van der Waals surface area contributed by atoms with Crippen LogP contribution in [0.4, 0.5) is 5.69 Å². The van der Waals surface area contributed by atoms with Crippen LogP contribution in [0.5, 0.6) is 0 Å². The molecule has 18 heavy (non-hydrogen) atoms. The van der Waals surface area contributed by atoms with Crippen molar-refractivity contribution in [1.82, 2.24) is 5.32 Å². The van der Waals surface area contributed by atoms with Crippen LogP contribution >= 0.6 is 0 Å². The summed E-state index contributed by atoms with van der Waals surface area (Å²) in [5, 5.41) is 14.0. The van der Waals surface area contributed by atoms with Gasteiger partial charge in [0.25, 0.3) is 5.91 Å². The van der Waals surface area contributed by atoms with Gasteiger partial charge in [0.15, 0.2) is 0 Å². The van der Waals surface area contributed by atoms with Crippen molar-refractivity contribution in [1.29, 1.82) is 0 Å². The molecule has 1 aromatic rings. The van der Waals surface area contributed by atoms with E-state index in [2.05, 4.69) is 24.5 Å². The Morgan fingerprint density at radius 3 is 2.39 bits per heavy atom. The average Bonchev–Trinajstić information content (AvgIpc) is 2.36. The number of anilines is 1. The maximum absolute atomic E-state index is 11.5. The SMILES string of the molecule is CCC(C)Nc1ccc(C(=O)NCC(=O)O)cc1. The largest absolute Gasteiger partial charge is 0.480 e. The summed E-state index contributed by atoms with van der Waals surface area (Å²) in [6.07, 6.45) is 1.01. The summed E-state index contributed by atoms with van der Waals surface area (Å²) in [6, 6.07) is 7.32. The molecule has 0 fully saturated rings. The highest BCUT2D eigenvalue weighted by atomic mass is 16.4. The fourth-order valence-corrected chi connectivity index (χ4v) is 1.36. The minimum atomic E-state index is -1.06. The molecular formula is C13H18N2O3. The molecule has 0 aliphatic heterocycles. The number of hydrogen-bond acceptors (Lipinski definition) is 3. The van der Waals surface area contributed by atoms with Gasteiger partial charge < -0.3 is 15.7 Å². The number of carbonyl (C=O) groups excluding carboxylic acids is 1. The minimum absolute atomic E-state index is 0.369. The highest BCUT2D eigenvalue weighted by Crippen LogP contribution is 2.11. The zero-order chi connectivity index (χ0) is 13.5. The number of rotatable bonds is 6. The number of amides is 1. The van der Waals surface area contributed by atoms with Gasteiger partial charge in [-0.3, -0.25) is 9.59 Å². The first kappa shape index (κ1) is 14.0. The van der Waals surface area contributed by atoms with Crippen LogP contribution in [0.2, 0.25) is 0 Å². The molecule has 0 bridgehead atoms. The molecule has 0 aliphatic carbocycles. The van der Waals surface area contributed by atoms with Crippen molar-refractivity contribution in [3.63, 3.8) is 0 Å². The third-order valence-electron chi connectivity index (χ3n) is 2.57. The Labute approximate surface area is 106 Å². The van der Waals surface area contributed by atoms with Gasteiger partial charge in [-0.05, 0) is 37.6 Å². The molecule has 0 radical (unpaired) electrons. The van der Waals surface area contributed by atoms with Crippen molar-refractivity contribution in [2.24, 2.45) is 0 Å². The second kappa shape index (κ2) is 6.64. The van der Waals surface area contributed by atoms with Crippen LogP contribution in [-0.4, -0.2) is 29.6 Å². The molecule has 0 spiro atoms. The lowest BCUT2D eigenvalue weighted by Gasteiger charge is -2.13. The molecule has 3 N–H and O–H groups in total. The van der Waals surface area contributed by atoms with Gasteiger partial charge in [-0.2, -0.15) is 0 Å². The molecule has 0 saturated heterocycles. The second-order valence-corrected chi connectivity index (χ2v) is 4.11. The number of nitrogens with one attached hydrogen (secondary N) is 2. The van der Waals surface area contributed by atoms with Crippen molar-refractivity contribution < 1.29 is 14.7 Å². The number of aliphatic carboxylic acids is 1. The lowest BCUT2D eigenvalue weighted by Crippen LogP contribution is -2.29. The summed E-state index contributed by atoms with van der Waals surface area (Å²) in [5.41, 5.74) is 1.39. The van der Waals surface area contributed by atoms with Crippen LogP contribution in [0.1, 0.15) is 30.6 Å². The van der Waals surface area contributed by atoms with E-state index < -0.39 is 5.97 Å². The van der Waals surface area contributed by atoms with E-state index >= 15 is 0 Å². The first-order chi connectivity index (χ1) is 8.52. The normalized spacial score (nSPS) is 11.7. The van der Waals surface area contributed by atoms with Crippen LogP contribution in [0, 0.1) is 0 Å². The molecular weight excluding hydrogens is 232 g/mol. The predicted molar refractivity (Wildman–Crippen MR) is 69.8 cm³/mol. The van der Waals surface area contributed by atoms with Crippen LogP contribution in [0.15, 0.2) is 24.3 Å². The molecule has 0 aliphatic rings. The van der Waals surface area contributed by atoms with Gasteiger partial charge in [-0.1, -0.05) is 6.92 Å². The summed E-state index contributed by atoms with van der Waals surface area (Å²) >= 11 is 0. The van der Waals surface area contributed by atoms with Crippen LogP contribution < -0.4 is 10.6 Å². The van der Waals surface area contributed by atoms with Crippen LogP contribution in [-0.2, 0) is 4.79 Å². The molecule has 98 valence electrons. The monoisotopic (exact) mass is 250 g/mol. The molecule has 1 aromatic carbocycles. The van der Waals surface area contributed by atoms with Crippen molar-refractivity contribution in [2.45, 2.75) is 26.3 Å². The highest BCUT2D eigenvalue weighted by molar-refractivity contribution is 5.96. The van der Waals surface area contributed by atoms with Gasteiger partial charge in [0.1, 0.15) is 6.54 Å². The number of carboxylic acid groups (broad SMARTS) is 1. The van der Waals surface area contributed by atoms with Crippen molar-refractivity contribution >= 4 is 17.6 Å². The third-order valence-corrected chi connectivity index (χ3v) is 2.57.